The first-order valence-electron chi connectivity index (χ1n) is 8.35. The first-order chi connectivity index (χ1) is 12.0. The number of aliphatic carboxylic acids is 1. The van der Waals surface area contributed by atoms with Crippen LogP contribution in [0, 0.1) is 12.8 Å². The highest BCUT2D eigenvalue weighted by Gasteiger charge is 2.37. The summed E-state index contributed by atoms with van der Waals surface area (Å²) in [6, 6.07) is 15.0. The quantitative estimate of drug-likeness (QED) is 0.808. The fourth-order valence-electron chi connectivity index (χ4n) is 2.95. The maximum atomic E-state index is 12.8. The van der Waals surface area contributed by atoms with Crippen molar-refractivity contribution in [1.82, 2.24) is 0 Å². The Labute approximate surface area is 146 Å². The Balaban J connectivity index is 1.72. The van der Waals surface area contributed by atoms with Crippen LogP contribution in [0.5, 0.6) is 5.75 Å². The number of rotatable bonds is 7. The Morgan fingerprint density at radius 1 is 1.20 bits per heavy atom. The molecule has 25 heavy (non-hydrogen) atoms. The minimum absolute atomic E-state index is 0.00370. The van der Waals surface area contributed by atoms with Crippen LogP contribution in [0.15, 0.2) is 48.5 Å². The van der Waals surface area contributed by atoms with Crippen LogP contribution in [0.3, 0.4) is 0 Å². The highest BCUT2D eigenvalue weighted by Crippen LogP contribution is 2.43. The zero-order valence-electron chi connectivity index (χ0n) is 14.1. The van der Waals surface area contributed by atoms with Gasteiger partial charge in [-0.25, -0.2) is 4.79 Å². The molecule has 0 saturated heterocycles. The van der Waals surface area contributed by atoms with Gasteiger partial charge < -0.3 is 15.2 Å². The predicted molar refractivity (Wildman–Crippen MR) is 94.8 cm³/mol. The maximum Gasteiger partial charge on any atom is 0.341 e. The number of carbonyl (C=O) groups is 2. The Hall–Kier alpha value is -2.82. The number of hydrogen-bond acceptors (Lipinski definition) is 3. The summed E-state index contributed by atoms with van der Waals surface area (Å²) in [5.41, 5.74) is 2.59. The van der Waals surface area contributed by atoms with Crippen LogP contribution >= 0.6 is 0 Å². The van der Waals surface area contributed by atoms with E-state index in [2.05, 4.69) is 5.32 Å². The molecule has 2 aromatic rings. The van der Waals surface area contributed by atoms with Gasteiger partial charge in [-0.15, -0.1) is 0 Å². The standard InChI is InChI=1S/C20H21NO4/c1-13-11-16(25-12-18(22)23)9-10-17(13)21-20(24)19(15-7-8-15)14-5-3-2-4-6-14/h2-6,9-11,15,19H,7-8,12H2,1H3,(H,21,24)(H,22,23). The SMILES string of the molecule is Cc1cc(OCC(=O)O)ccc1NC(=O)C(c1ccccc1)C1CC1. The second-order valence-corrected chi connectivity index (χ2v) is 6.37. The van der Waals surface area contributed by atoms with Crippen molar-refractivity contribution in [3.63, 3.8) is 0 Å². The molecule has 1 fully saturated rings. The molecule has 1 atom stereocenters. The van der Waals surface area contributed by atoms with Crippen molar-refractivity contribution in [3.05, 3.63) is 59.7 Å². The number of carbonyl (C=O) groups excluding carboxylic acids is 1. The zero-order chi connectivity index (χ0) is 17.8. The fourth-order valence-corrected chi connectivity index (χ4v) is 2.95. The lowest BCUT2D eigenvalue weighted by molar-refractivity contribution is -0.139. The third-order valence-electron chi connectivity index (χ3n) is 4.35. The number of carboxylic acid groups (broad SMARTS) is 1. The topological polar surface area (TPSA) is 75.6 Å². The summed E-state index contributed by atoms with van der Waals surface area (Å²) in [7, 11) is 0. The van der Waals surface area contributed by atoms with Crippen molar-refractivity contribution < 1.29 is 19.4 Å². The van der Waals surface area contributed by atoms with Crippen LogP contribution in [0.2, 0.25) is 0 Å². The maximum absolute atomic E-state index is 12.8. The van der Waals surface area contributed by atoms with Gasteiger partial charge in [0.15, 0.2) is 6.61 Å². The number of ether oxygens (including phenoxy) is 1. The molecule has 5 heteroatoms. The van der Waals surface area contributed by atoms with E-state index in [9.17, 15) is 9.59 Å². The third kappa shape index (κ3) is 4.38. The summed E-state index contributed by atoms with van der Waals surface area (Å²) in [5, 5.41) is 11.7. The number of benzene rings is 2. The smallest absolute Gasteiger partial charge is 0.341 e. The van der Waals surface area contributed by atoms with E-state index in [4.69, 9.17) is 9.84 Å². The molecule has 0 radical (unpaired) electrons. The van der Waals surface area contributed by atoms with Gasteiger partial charge in [0.05, 0.1) is 5.92 Å². The minimum Gasteiger partial charge on any atom is -0.482 e. The molecule has 1 aliphatic rings. The van der Waals surface area contributed by atoms with Crippen molar-refractivity contribution in [1.29, 1.82) is 0 Å². The molecule has 0 spiro atoms. The highest BCUT2D eigenvalue weighted by molar-refractivity contribution is 5.97. The highest BCUT2D eigenvalue weighted by atomic mass is 16.5. The van der Waals surface area contributed by atoms with Gasteiger partial charge in [0.25, 0.3) is 0 Å². The summed E-state index contributed by atoms with van der Waals surface area (Å²) in [6.45, 7) is 1.47. The lowest BCUT2D eigenvalue weighted by Crippen LogP contribution is -2.23. The summed E-state index contributed by atoms with van der Waals surface area (Å²) in [6.07, 6.45) is 2.15. The van der Waals surface area contributed by atoms with Crippen LogP contribution in [0.4, 0.5) is 5.69 Å². The van der Waals surface area contributed by atoms with Crippen molar-refractivity contribution in [2.24, 2.45) is 5.92 Å². The number of carboxylic acids is 1. The van der Waals surface area contributed by atoms with E-state index in [1.807, 2.05) is 37.3 Å². The number of aryl methyl sites for hydroxylation is 1. The van der Waals surface area contributed by atoms with E-state index >= 15 is 0 Å². The molecule has 1 amide bonds. The molecule has 1 aliphatic carbocycles. The van der Waals surface area contributed by atoms with Gasteiger partial charge in [0.1, 0.15) is 5.75 Å². The fraction of sp³-hybridized carbons (Fsp3) is 0.300. The molecule has 3 rings (SSSR count). The van der Waals surface area contributed by atoms with Crippen molar-refractivity contribution in [2.45, 2.75) is 25.7 Å². The molecule has 0 aliphatic heterocycles. The van der Waals surface area contributed by atoms with E-state index in [0.717, 1.165) is 24.0 Å². The van der Waals surface area contributed by atoms with E-state index in [-0.39, 0.29) is 18.4 Å². The molecule has 1 saturated carbocycles. The van der Waals surface area contributed by atoms with Gasteiger partial charge in [-0.2, -0.15) is 0 Å². The monoisotopic (exact) mass is 339 g/mol. The van der Waals surface area contributed by atoms with Crippen LogP contribution in [-0.2, 0) is 9.59 Å². The Morgan fingerprint density at radius 3 is 2.52 bits per heavy atom. The lowest BCUT2D eigenvalue weighted by Gasteiger charge is -2.18. The average Bonchev–Trinajstić information content (AvgIpc) is 3.41. The molecular weight excluding hydrogens is 318 g/mol. The van der Waals surface area contributed by atoms with Crippen molar-refractivity contribution in [3.8, 4) is 5.75 Å². The average molecular weight is 339 g/mol. The zero-order valence-corrected chi connectivity index (χ0v) is 14.1. The summed E-state index contributed by atoms with van der Waals surface area (Å²) in [5.74, 6) is -0.287. The normalized spacial score (nSPS) is 14.6. The van der Waals surface area contributed by atoms with Crippen molar-refractivity contribution >= 4 is 17.6 Å². The lowest BCUT2D eigenvalue weighted by atomic mass is 9.93. The molecule has 130 valence electrons. The third-order valence-corrected chi connectivity index (χ3v) is 4.35. The van der Waals surface area contributed by atoms with Gasteiger partial charge in [-0.3, -0.25) is 4.79 Å². The van der Waals surface area contributed by atoms with Crippen molar-refractivity contribution in [2.75, 3.05) is 11.9 Å². The summed E-state index contributed by atoms with van der Waals surface area (Å²) in [4.78, 5) is 23.4. The Morgan fingerprint density at radius 2 is 1.92 bits per heavy atom. The van der Waals surface area contributed by atoms with E-state index in [1.54, 1.807) is 18.2 Å². The first kappa shape index (κ1) is 17.0. The van der Waals surface area contributed by atoms with Gasteiger partial charge in [-0.1, -0.05) is 30.3 Å². The molecule has 1 unspecified atom stereocenters. The molecule has 2 aromatic carbocycles. The van der Waals surface area contributed by atoms with Crippen LogP contribution in [0.25, 0.3) is 0 Å². The summed E-state index contributed by atoms with van der Waals surface area (Å²) >= 11 is 0. The predicted octanol–water partition coefficient (Wildman–Crippen LogP) is 3.59. The largest absolute Gasteiger partial charge is 0.482 e. The molecule has 2 N–H and O–H groups in total. The van der Waals surface area contributed by atoms with Crippen LogP contribution in [-0.4, -0.2) is 23.6 Å². The number of hydrogen-bond donors (Lipinski definition) is 2. The van der Waals surface area contributed by atoms with Gasteiger partial charge >= 0.3 is 5.97 Å². The Bertz CT molecular complexity index is 769. The van der Waals surface area contributed by atoms with E-state index in [0.29, 0.717) is 17.4 Å². The molecular formula is C20H21NO4. The molecule has 0 aromatic heterocycles. The van der Waals surface area contributed by atoms with Gasteiger partial charge in [-0.05, 0) is 55.0 Å². The number of anilines is 1. The molecule has 5 nitrogen and oxygen atoms in total. The van der Waals surface area contributed by atoms with Gasteiger partial charge in [0, 0.05) is 5.69 Å². The number of amides is 1. The van der Waals surface area contributed by atoms with Gasteiger partial charge in [0.2, 0.25) is 5.91 Å². The van der Waals surface area contributed by atoms with E-state index < -0.39 is 5.97 Å². The summed E-state index contributed by atoms with van der Waals surface area (Å²) < 4.78 is 5.16. The first-order valence-corrected chi connectivity index (χ1v) is 8.35. The minimum atomic E-state index is -1.02. The molecule has 0 heterocycles. The van der Waals surface area contributed by atoms with E-state index in [1.165, 1.54) is 0 Å². The van der Waals surface area contributed by atoms with Crippen LogP contribution in [0.1, 0.15) is 29.9 Å². The molecule has 0 bridgehead atoms. The van der Waals surface area contributed by atoms with Crippen LogP contribution < -0.4 is 10.1 Å². The number of nitrogens with one attached hydrogen (secondary N) is 1. The second kappa shape index (κ2) is 7.38. The second-order valence-electron chi connectivity index (χ2n) is 6.37. The Kier molecular flexibility index (Phi) is 5.03.